The number of hydrogen-bond donors (Lipinski definition) is 0. The molecule has 0 fully saturated rings. The van der Waals surface area contributed by atoms with Gasteiger partial charge in [-0.05, 0) is 41.5 Å². The Morgan fingerprint density at radius 2 is 1.76 bits per heavy atom. The van der Waals surface area contributed by atoms with Crippen molar-refractivity contribution >= 4 is 11.9 Å². The number of esters is 1. The minimum atomic E-state index is -0.514. The third-order valence-electron chi connectivity index (χ3n) is 4.61. The van der Waals surface area contributed by atoms with Crippen LogP contribution in [0.4, 0.5) is 4.39 Å². The number of fused-ring (bicyclic) bond motifs is 1. The van der Waals surface area contributed by atoms with Crippen LogP contribution in [0.15, 0.2) is 72.8 Å². The number of ether oxygens (including phenoxy) is 2. The van der Waals surface area contributed by atoms with Gasteiger partial charge < -0.3 is 14.4 Å². The van der Waals surface area contributed by atoms with Crippen LogP contribution in [0.1, 0.15) is 31.8 Å². The number of carbonyl (C=O) groups excluding carboxylic acids is 2. The van der Waals surface area contributed by atoms with Crippen LogP contribution in [-0.4, -0.2) is 23.5 Å². The van der Waals surface area contributed by atoms with E-state index in [1.807, 2.05) is 30.3 Å². The standard InChI is InChI=1S/C23H18FNO4/c24-19-9-6-16(7-10-19)13-25-15-29-21-11-8-18(12-20(21)22(25)26)23(27)28-14-17-4-2-1-3-5-17/h1-12H,13-15H2. The molecule has 5 nitrogen and oxygen atoms in total. The molecule has 0 saturated carbocycles. The van der Waals surface area contributed by atoms with E-state index >= 15 is 0 Å². The van der Waals surface area contributed by atoms with Crippen molar-refractivity contribution in [1.29, 1.82) is 0 Å². The van der Waals surface area contributed by atoms with E-state index in [0.717, 1.165) is 11.1 Å². The maximum atomic E-state index is 13.1. The molecule has 146 valence electrons. The monoisotopic (exact) mass is 391 g/mol. The minimum Gasteiger partial charge on any atom is -0.472 e. The van der Waals surface area contributed by atoms with Crippen molar-refractivity contribution in [1.82, 2.24) is 4.90 Å². The topological polar surface area (TPSA) is 55.8 Å². The molecule has 1 aliphatic heterocycles. The first kappa shape index (κ1) is 18.7. The Morgan fingerprint density at radius 1 is 1.00 bits per heavy atom. The predicted octanol–water partition coefficient (Wildman–Crippen LogP) is 4.18. The molecule has 1 aliphatic rings. The lowest BCUT2D eigenvalue weighted by molar-refractivity contribution is 0.0470. The third kappa shape index (κ3) is 4.27. The molecule has 1 amide bonds. The highest BCUT2D eigenvalue weighted by molar-refractivity contribution is 6.00. The molecule has 0 radical (unpaired) electrons. The Kier molecular flexibility index (Phi) is 5.24. The van der Waals surface area contributed by atoms with Gasteiger partial charge >= 0.3 is 5.97 Å². The van der Waals surface area contributed by atoms with Gasteiger partial charge in [0.05, 0.1) is 11.1 Å². The van der Waals surface area contributed by atoms with Crippen LogP contribution in [-0.2, 0) is 17.9 Å². The van der Waals surface area contributed by atoms with Gasteiger partial charge in [0, 0.05) is 6.54 Å². The molecule has 3 aromatic rings. The molecular formula is C23H18FNO4. The van der Waals surface area contributed by atoms with Gasteiger partial charge in [0.25, 0.3) is 5.91 Å². The lowest BCUT2D eigenvalue weighted by atomic mass is 10.1. The molecule has 0 unspecified atom stereocenters. The summed E-state index contributed by atoms with van der Waals surface area (Å²) in [5, 5.41) is 0. The highest BCUT2D eigenvalue weighted by Gasteiger charge is 2.27. The van der Waals surface area contributed by atoms with Crippen LogP contribution >= 0.6 is 0 Å². The second-order valence-electron chi connectivity index (χ2n) is 6.68. The predicted molar refractivity (Wildman–Crippen MR) is 104 cm³/mol. The van der Waals surface area contributed by atoms with E-state index in [1.165, 1.54) is 23.1 Å². The van der Waals surface area contributed by atoms with Crippen molar-refractivity contribution in [2.45, 2.75) is 13.2 Å². The van der Waals surface area contributed by atoms with E-state index in [2.05, 4.69) is 0 Å². The Balaban J connectivity index is 1.47. The van der Waals surface area contributed by atoms with E-state index in [-0.39, 0.29) is 37.2 Å². The smallest absolute Gasteiger partial charge is 0.338 e. The maximum absolute atomic E-state index is 13.1. The first-order chi connectivity index (χ1) is 14.1. The van der Waals surface area contributed by atoms with Gasteiger partial charge in [-0.3, -0.25) is 4.79 Å². The molecule has 0 bridgehead atoms. The zero-order valence-corrected chi connectivity index (χ0v) is 15.5. The first-order valence-corrected chi connectivity index (χ1v) is 9.12. The average Bonchev–Trinajstić information content (AvgIpc) is 2.76. The molecule has 29 heavy (non-hydrogen) atoms. The van der Waals surface area contributed by atoms with Gasteiger partial charge in [0.15, 0.2) is 6.73 Å². The summed E-state index contributed by atoms with van der Waals surface area (Å²) >= 11 is 0. The van der Waals surface area contributed by atoms with Crippen LogP contribution in [0, 0.1) is 5.82 Å². The van der Waals surface area contributed by atoms with Crippen molar-refractivity contribution in [2.75, 3.05) is 6.73 Å². The van der Waals surface area contributed by atoms with E-state index in [9.17, 15) is 14.0 Å². The van der Waals surface area contributed by atoms with Crippen molar-refractivity contribution in [3.8, 4) is 5.75 Å². The van der Waals surface area contributed by atoms with Crippen molar-refractivity contribution in [3.63, 3.8) is 0 Å². The van der Waals surface area contributed by atoms with Crippen LogP contribution in [0.3, 0.4) is 0 Å². The van der Waals surface area contributed by atoms with E-state index < -0.39 is 5.97 Å². The Morgan fingerprint density at radius 3 is 2.52 bits per heavy atom. The fraction of sp³-hybridized carbons (Fsp3) is 0.130. The molecule has 0 spiro atoms. The van der Waals surface area contributed by atoms with E-state index in [4.69, 9.17) is 9.47 Å². The summed E-state index contributed by atoms with van der Waals surface area (Å²) in [4.78, 5) is 26.7. The normalized spacial score (nSPS) is 12.9. The summed E-state index contributed by atoms with van der Waals surface area (Å²) in [6.07, 6.45) is 0. The van der Waals surface area contributed by atoms with Crippen LogP contribution in [0.2, 0.25) is 0 Å². The molecule has 0 atom stereocenters. The summed E-state index contributed by atoms with van der Waals surface area (Å²) < 4.78 is 24.1. The number of benzene rings is 3. The Bertz CT molecular complexity index is 1030. The van der Waals surface area contributed by atoms with Crippen molar-refractivity contribution in [3.05, 3.63) is 101 Å². The summed E-state index contributed by atoms with van der Waals surface area (Å²) in [5.74, 6) is -0.683. The lowest BCUT2D eigenvalue weighted by Crippen LogP contribution is -2.38. The van der Waals surface area contributed by atoms with Crippen LogP contribution in [0.25, 0.3) is 0 Å². The molecule has 0 aromatic heterocycles. The molecule has 3 aromatic carbocycles. The van der Waals surface area contributed by atoms with Gasteiger partial charge in [0.2, 0.25) is 0 Å². The zero-order chi connectivity index (χ0) is 20.2. The summed E-state index contributed by atoms with van der Waals surface area (Å²) in [5.41, 5.74) is 2.24. The number of carbonyl (C=O) groups is 2. The van der Waals surface area contributed by atoms with Gasteiger partial charge in [-0.2, -0.15) is 0 Å². The van der Waals surface area contributed by atoms with Gasteiger partial charge in [-0.1, -0.05) is 42.5 Å². The second-order valence-corrected chi connectivity index (χ2v) is 6.68. The summed E-state index contributed by atoms with van der Waals surface area (Å²) in [6, 6.07) is 20.0. The van der Waals surface area contributed by atoms with Crippen molar-refractivity contribution < 1.29 is 23.5 Å². The Labute approximate surface area is 167 Å². The highest BCUT2D eigenvalue weighted by Crippen LogP contribution is 2.27. The molecule has 0 N–H and O–H groups in total. The highest BCUT2D eigenvalue weighted by atomic mass is 19.1. The van der Waals surface area contributed by atoms with Crippen LogP contribution < -0.4 is 4.74 Å². The largest absolute Gasteiger partial charge is 0.472 e. The first-order valence-electron chi connectivity index (χ1n) is 9.12. The number of rotatable bonds is 5. The lowest BCUT2D eigenvalue weighted by Gasteiger charge is -2.29. The molecule has 1 heterocycles. The summed E-state index contributed by atoms with van der Waals surface area (Å²) in [7, 11) is 0. The number of hydrogen-bond acceptors (Lipinski definition) is 4. The fourth-order valence-corrected chi connectivity index (χ4v) is 3.06. The molecule has 0 aliphatic carbocycles. The summed E-state index contributed by atoms with van der Waals surface area (Å²) in [6.45, 7) is 0.514. The zero-order valence-electron chi connectivity index (χ0n) is 15.5. The SMILES string of the molecule is O=C(OCc1ccccc1)c1ccc2c(c1)C(=O)N(Cc1ccc(F)cc1)CO2. The van der Waals surface area contributed by atoms with Gasteiger partial charge in [-0.15, -0.1) is 0 Å². The number of halogens is 1. The number of amides is 1. The third-order valence-corrected chi connectivity index (χ3v) is 4.61. The van der Waals surface area contributed by atoms with Crippen molar-refractivity contribution in [2.24, 2.45) is 0 Å². The quantitative estimate of drug-likeness (QED) is 0.613. The molecular weight excluding hydrogens is 373 g/mol. The Hall–Kier alpha value is -3.67. The average molecular weight is 391 g/mol. The van der Waals surface area contributed by atoms with E-state index in [0.29, 0.717) is 11.3 Å². The second kappa shape index (κ2) is 8.14. The molecule has 0 saturated heterocycles. The molecule has 4 rings (SSSR count). The van der Waals surface area contributed by atoms with Gasteiger partial charge in [-0.25, -0.2) is 9.18 Å². The fourth-order valence-electron chi connectivity index (χ4n) is 3.06. The van der Waals surface area contributed by atoms with Gasteiger partial charge in [0.1, 0.15) is 18.2 Å². The maximum Gasteiger partial charge on any atom is 0.338 e. The van der Waals surface area contributed by atoms with Crippen LogP contribution in [0.5, 0.6) is 5.75 Å². The number of nitrogens with zero attached hydrogens (tertiary/aromatic N) is 1. The molecule has 6 heteroatoms. The minimum absolute atomic E-state index is 0.0843. The van der Waals surface area contributed by atoms with E-state index in [1.54, 1.807) is 24.3 Å².